The van der Waals surface area contributed by atoms with Gasteiger partial charge in [-0.25, -0.2) is 4.39 Å². The van der Waals surface area contributed by atoms with E-state index >= 15 is 0 Å². The van der Waals surface area contributed by atoms with Crippen molar-refractivity contribution in [2.45, 2.75) is 19.4 Å². The summed E-state index contributed by atoms with van der Waals surface area (Å²) in [4.78, 5) is 14.7. The van der Waals surface area contributed by atoms with Crippen molar-refractivity contribution < 1.29 is 9.18 Å². The summed E-state index contributed by atoms with van der Waals surface area (Å²) in [5.41, 5.74) is 3.95. The molecular weight excluding hydrogens is 305 g/mol. The number of rotatable bonds is 2. The minimum absolute atomic E-state index is 0.103. The van der Waals surface area contributed by atoms with Gasteiger partial charge in [-0.05, 0) is 55.3 Å². The second-order valence-corrected chi connectivity index (χ2v) is 6.03. The van der Waals surface area contributed by atoms with E-state index < -0.39 is 0 Å². The number of carbonyl (C=O) groups excluding carboxylic acids is 1. The first-order chi connectivity index (χ1) is 11.6. The van der Waals surface area contributed by atoms with Crippen LogP contribution in [0.3, 0.4) is 0 Å². The second kappa shape index (κ2) is 5.60. The van der Waals surface area contributed by atoms with Crippen molar-refractivity contribution in [3.8, 4) is 11.3 Å². The van der Waals surface area contributed by atoms with Crippen LogP contribution in [0.15, 0.2) is 54.6 Å². The molecule has 4 nitrogen and oxygen atoms in total. The van der Waals surface area contributed by atoms with Gasteiger partial charge >= 0.3 is 0 Å². The molecule has 1 aliphatic rings. The minimum atomic E-state index is -0.298. The fourth-order valence-electron chi connectivity index (χ4n) is 3.20. The van der Waals surface area contributed by atoms with Crippen LogP contribution in [0.25, 0.3) is 11.3 Å². The van der Waals surface area contributed by atoms with Gasteiger partial charge in [0.1, 0.15) is 11.5 Å². The molecule has 24 heavy (non-hydrogen) atoms. The number of hydrogen-bond acceptors (Lipinski definition) is 2. The van der Waals surface area contributed by atoms with Crippen molar-refractivity contribution in [1.29, 1.82) is 0 Å². The van der Waals surface area contributed by atoms with E-state index in [1.807, 2.05) is 25.1 Å². The molecule has 1 unspecified atom stereocenters. The largest absolute Gasteiger partial charge is 0.304 e. The lowest BCUT2D eigenvalue weighted by atomic mass is 10.1. The van der Waals surface area contributed by atoms with Crippen molar-refractivity contribution in [3.05, 3.63) is 71.7 Å². The van der Waals surface area contributed by atoms with Crippen LogP contribution in [0.4, 0.5) is 10.1 Å². The average molecular weight is 321 g/mol. The SMILES string of the molecule is CC1Cc2ccccc2N1C(=O)c1cc(-c2ccc(F)cc2)n[nH]1. The van der Waals surface area contributed by atoms with Crippen LogP contribution < -0.4 is 4.90 Å². The Labute approximate surface area is 138 Å². The van der Waals surface area contributed by atoms with E-state index in [-0.39, 0.29) is 17.8 Å². The molecule has 0 saturated heterocycles. The number of anilines is 1. The van der Waals surface area contributed by atoms with Gasteiger partial charge in [-0.1, -0.05) is 18.2 Å². The topological polar surface area (TPSA) is 49.0 Å². The molecule has 5 heteroatoms. The van der Waals surface area contributed by atoms with Crippen LogP contribution in [0.2, 0.25) is 0 Å². The quantitative estimate of drug-likeness (QED) is 0.780. The summed E-state index contributed by atoms with van der Waals surface area (Å²) in [5, 5.41) is 7.01. The molecule has 1 aliphatic heterocycles. The zero-order valence-electron chi connectivity index (χ0n) is 13.2. The first kappa shape index (κ1) is 14.6. The lowest BCUT2D eigenvalue weighted by Gasteiger charge is -2.21. The number of fused-ring (bicyclic) bond motifs is 1. The zero-order valence-corrected chi connectivity index (χ0v) is 13.2. The number of hydrogen-bond donors (Lipinski definition) is 1. The van der Waals surface area contributed by atoms with Crippen LogP contribution in [-0.2, 0) is 6.42 Å². The van der Waals surface area contributed by atoms with Crippen molar-refractivity contribution in [2.24, 2.45) is 0 Å². The maximum atomic E-state index is 13.0. The van der Waals surface area contributed by atoms with E-state index in [4.69, 9.17) is 0 Å². The van der Waals surface area contributed by atoms with Crippen LogP contribution >= 0.6 is 0 Å². The van der Waals surface area contributed by atoms with Gasteiger partial charge in [0, 0.05) is 17.3 Å². The summed E-state index contributed by atoms with van der Waals surface area (Å²) in [6.07, 6.45) is 0.848. The Morgan fingerprint density at radius 1 is 1.21 bits per heavy atom. The second-order valence-electron chi connectivity index (χ2n) is 6.03. The van der Waals surface area contributed by atoms with Gasteiger partial charge < -0.3 is 4.90 Å². The fraction of sp³-hybridized carbons (Fsp3) is 0.158. The molecule has 0 saturated carbocycles. The predicted molar refractivity (Wildman–Crippen MR) is 90.4 cm³/mol. The molecule has 0 bridgehead atoms. The highest BCUT2D eigenvalue weighted by Crippen LogP contribution is 2.33. The summed E-state index contributed by atoms with van der Waals surface area (Å²) in [6.45, 7) is 2.04. The van der Waals surface area contributed by atoms with Gasteiger partial charge in [0.25, 0.3) is 5.91 Å². The molecule has 1 aromatic heterocycles. The first-order valence-electron chi connectivity index (χ1n) is 7.86. The Morgan fingerprint density at radius 3 is 2.75 bits per heavy atom. The molecule has 1 atom stereocenters. The highest BCUT2D eigenvalue weighted by molar-refractivity contribution is 6.07. The number of benzene rings is 2. The van der Waals surface area contributed by atoms with Crippen LogP contribution in [0.5, 0.6) is 0 Å². The number of H-pyrrole nitrogens is 1. The maximum Gasteiger partial charge on any atom is 0.276 e. The average Bonchev–Trinajstić information content (AvgIpc) is 3.19. The number of aromatic nitrogens is 2. The van der Waals surface area contributed by atoms with E-state index in [0.717, 1.165) is 17.7 Å². The smallest absolute Gasteiger partial charge is 0.276 e. The number of carbonyl (C=O) groups is 1. The molecule has 0 aliphatic carbocycles. The monoisotopic (exact) mass is 321 g/mol. The predicted octanol–water partition coefficient (Wildman–Crippen LogP) is 3.81. The lowest BCUT2D eigenvalue weighted by molar-refractivity contribution is 0.0976. The zero-order chi connectivity index (χ0) is 16.7. The van der Waals surface area contributed by atoms with Crippen molar-refractivity contribution in [1.82, 2.24) is 10.2 Å². The number of amides is 1. The van der Waals surface area contributed by atoms with Crippen LogP contribution in [0.1, 0.15) is 23.0 Å². The molecule has 3 aromatic rings. The Balaban J connectivity index is 1.65. The third-order valence-corrected chi connectivity index (χ3v) is 4.37. The molecule has 1 N–H and O–H groups in total. The normalized spacial score (nSPS) is 16.2. The summed E-state index contributed by atoms with van der Waals surface area (Å²) in [6, 6.07) is 15.8. The van der Waals surface area contributed by atoms with Crippen LogP contribution in [-0.4, -0.2) is 22.1 Å². The summed E-state index contributed by atoms with van der Waals surface area (Å²) in [5.74, 6) is -0.401. The summed E-state index contributed by atoms with van der Waals surface area (Å²) in [7, 11) is 0. The first-order valence-corrected chi connectivity index (χ1v) is 7.86. The van der Waals surface area contributed by atoms with Gasteiger partial charge in [0.05, 0.1) is 5.69 Å². The Bertz CT molecular complexity index is 901. The summed E-state index contributed by atoms with van der Waals surface area (Å²) < 4.78 is 13.0. The third-order valence-electron chi connectivity index (χ3n) is 4.37. The standard InChI is InChI=1S/C19H16FN3O/c1-12-10-14-4-2-3-5-18(14)23(12)19(24)17-11-16(21-22-17)13-6-8-15(20)9-7-13/h2-9,11-12H,10H2,1H3,(H,21,22). The molecule has 4 rings (SSSR count). The van der Waals surface area contributed by atoms with Crippen molar-refractivity contribution in [3.63, 3.8) is 0 Å². The Morgan fingerprint density at radius 2 is 1.96 bits per heavy atom. The number of nitrogens with zero attached hydrogens (tertiary/aromatic N) is 2. The van der Waals surface area contributed by atoms with Gasteiger partial charge in [-0.15, -0.1) is 0 Å². The maximum absolute atomic E-state index is 13.0. The Hall–Kier alpha value is -2.95. The highest BCUT2D eigenvalue weighted by Gasteiger charge is 2.32. The number of para-hydroxylation sites is 1. The van der Waals surface area contributed by atoms with Crippen molar-refractivity contribution >= 4 is 11.6 Å². The molecule has 1 amide bonds. The van der Waals surface area contributed by atoms with E-state index in [2.05, 4.69) is 16.3 Å². The van der Waals surface area contributed by atoms with E-state index in [1.165, 1.54) is 17.7 Å². The molecule has 2 aromatic carbocycles. The fourth-order valence-corrected chi connectivity index (χ4v) is 3.20. The summed E-state index contributed by atoms with van der Waals surface area (Å²) >= 11 is 0. The van der Waals surface area contributed by atoms with Gasteiger partial charge in [0.15, 0.2) is 0 Å². The third kappa shape index (κ3) is 2.38. The van der Waals surface area contributed by atoms with Gasteiger partial charge in [-0.3, -0.25) is 9.89 Å². The minimum Gasteiger partial charge on any atom is -0.304 e. The van der Waals surface area contributed by atoms with Crippen LogP contribution in [0, 0.1) is 5.82 Å². The van der Waals surface area contributed by atoms with Gasteiger partial charge in [-0.2, -0.15) is 5.10 Å². The number of nitrogens with one attached hydrogen (secondary N) is 1. The number of halogens is 1. The highest BCUT2D eigenvalue weighted by atomic mass is 19.1. The van der Waals surface area contributed by atoms with E-state index in [1.54, 1.807) is 23.1 Å². The molecule has 120 valence electrons. The van der Waals surface area contributed by atoms with Gasteiger partial charge in [0.2, 0.25) is 0 Å². The van der Waals surface area contributed by atoms with E-state index in [9.17, 15) is 9.18 Å². The molecule has 0 spiro atoms. The molecule has 0 radical (unpaired) electrons. The molecule has 0 fully saturated rings. The molecular formula is C19H16FN3O. The number of aromatic amines is 1. The molecule has 2 heterocycles. The van der Waals surface area contributed by atoms with Crippen molar-refractivity contribution in [2.75, 3.05) is 4.90 Å². The Kier molecular flexibility index (Phi) is 3.41. The lowest BCUT2D eigenvalue weighted by Crippen LogP contribution is -2.35. The van der Waals surface area contributed by atoms with E-state index in [0.29, 0.717) is 11.4 Å².